The van der Waals surface area contributed by atoms with Crippen LogP contribution in [0.5, 0.6) is 0 Å². The number of hydrogen-bond acceptors (Lipinski definition) is 4. The Hall–Kier alpha value is -1.62. The normalized spacial score (nSPS) is 10.4. The molecule has 5 heteroatoms. The van der Waals surface area contributed by atoms with E-state index in [-0.39, 0.29) is 0 Å². The zero-order valence-electron chi connectivity index (χ0n) is 6.65. The molecule has 0 aliphatic heterocycles. The van der Waals surface area contributed by atoms with Crippen molar-refractivity contribution in [3.05, 3.63) is 24.7 Å². The molecule has 2 N–H and O–H groups in total. The van der Waals surface area contributed by atoms with Crippen molar-refractivity contribution in [3.8, 4) is 0 Å². The zero-order chi connectivity index (χ0) is 8.39. The fourth-order valence-corrected chi connectivity index (χ4v) is 1.07. The Kier molecular flexibility index (Phi) is 1.64. The SMILES string of the molecule is CNNc1nccn2nccc12. The first-order valence-electron chi connectivity index (χ1n) is 3.63. The van der Waals surface area contributed by atoms with E-state index in [0.717, 1.165) is 11.3 Å². The Labute approximate surface area is 69.4 Å². The number of aromatic nitrogens is 3. The first-order valence-corrected chi connectivity index (χ1v) is 3.63. The van der Waals surface area contributed by atoms with Crippen molar-refractivity contribution in [1.29, 1.82) is 0 Å². The molecule has 0 saturated heterocycles. The summed E-state index contributed by atoms with van der Waals surface area (Å²) in [7, 11) is 1.79. The number of hydrazine groups is 1. The van der Waals surface area contributed by atoms with E-state index in [2.05, 4.69) is 20.9 Å². The van der Waals surface area contributed by atoms with Gasteiger partial charge in [0.05, 0.1) is 6.20 Å². The van der Waals surface area contributed by atoms with Gasteiger partial charge in [0.15, 0.2) is 5.82 Å². The van der Waals surface area contributed by atoms with Gasteiger partial charge in [-0.3, -0.25) is 0 Å². The largest absolute Gasteiger partial charge is 0.304 e. The minimum atomic E-state index is 0.775. The van der Waals surface area contributed by atoms with E-state index in [1.165, 1.54) is 0 Å². The van der Waals surface area contributed by atoms with Crippen molar-refractivity contribution in [2.75, 3.05) is 12.5 Å². The van der Waals surface area contributed by atoms with E-state index in [0.29, 0.717) is 0 Å². The molecule has 0 fully saturated rings. The predicted octanol–water partition coefficient (Wildman–Crippen LogP) is 0.276. The third-order valence-electron chi connectivity index (χ3n) is 1.57. The first-order chi connectivity index (χ1) is 5.92. The van der Waals surface area contributed by atoms with Crippen LogP contribution in [0.25, 0.3) is 5.52 Å². The number of fused-ring (bicyclic) bond motifs is 1. The number of hydrogen-bond donors (Lipinski definition) is 2. The Morgan fingerprint density at radius 1 is 1.42 bits per heavy atom. The monoisotopic (exact) mass is 163 g/mol. The number of anilines is 1. The Morgan fingerprint density at radius 2 is 2.33 bits per heavy atom. The summed E-state index contributed by atoms with van der Waals surface area (Å²) in [6.45, 7) is 0. The van der Waals surface area contributed by atoms with Crippen LogP contribution < -0.4 is 10.9 Å². The van der Waals surface area contributed by atoms with Crippen LogP contribution in [0.2, 0.25) is 0 Å². The molecular weight excluding hydrogens is 154 g/mol. The maximum absolute atomic E-state index is 4.13. The second-order valence-electron chi connectivity index (χ2n) is 2.31. The van der Waals surface area contributed by atoms with Gasteiger partial charge >= 0.3 is 0 Å². The van der Waals surface area contributed by atoms with Gasteiger partial charge in [0, 0.05) is 19.4 Å². The fraction of sp³-hybridized carbons (Fsp3) is 0.143. The van der Waals surface area contributed by atoms with Gasteiger partial charge in [-0.1, -0.05) is 0 Å². The lowest BCUT2D eigenvalue weighted by molar-refractivity contribution is 0.921. The molecule has 0 atom stereocenters. The van der Waals surface area contributed by atoms with Crippen LogP contribution in [0.15, 0.2) is 24.7 Å². The van der Waals surface area contributed by atoms with Gasteiger partial charge in [-0.15, -0.1) is 0 Å². The maximum atomic E-state index is 4.13. The van der Waals surface area contributed by atoms with E-state index in [4.69, 9.17) is 0 Å². The second-order valence-corrected chi connectivity index (χ2v) is 2.31. The van der Waals surface area contributed by atoms with Gasteiger partial charge < -0.3 is 5.43 Å². The van der Waals surface area contributed by atoms with Crippen molar-refractivity contribution in [3.63, 3.8) is 0 Å². The van der Waals surface area contributed by atoms with Crippen LogP contribution in [0.4, 0.5) is 5.82 Å². The van der Waals surface area contributed by atoms with Crippen LogP contribution >= 0.6 is 0 Å². The summed E-state index contributed by atoms with van der Waals surface area (Å²) in [4.78, 5) is 4.13. The molecule has 0 amide bonds. The summed E-state index contributed by atoms with van der Waals surface area (Å²) in [5.41, 5.74) is 6.68. The average Bonchev–Trinajstić information content (AvgIpc) is 2.53. The molecule has 0 aliphatic rings. The average molecular weight is 163 g/mol. The molecule has 0 unspecified atom stereocenters. The lowest BCUT2D eigenvalue weighted by atomic mass is 10.5. The fourth-order valence-electron chi connectivity index (χ4n) is 1.07. The van der Waals surface area contributed by atoms with Gasteiger partial charge in [0.25, 0.3) is 0 Å². The molecule has 0 aromatic carbocycles. The lowest BCUT2D eigenvalue weighted by Gasteiger charge is -2.03. The number of nitrogens with one attached hydrogen (secondary N) is 2. The quantitative estimate of drug-likeness (QED) is 0.624. The molecule has 2 rings (SSSR count). The number of rotatable bonds is 2. The zero-order valence-corrected chi connectivity index (χ0v) is 6.65. The molecule has 0 spiro atoms. The van der Waals surface area contributed by atoms with Crippen LogP contribution in [0.3, 0.4) is 0 Å². The van der Waals surface area contributed by atoms with Gasteiger partial charge in [0.1, 0.15) is 5.52 Å². The van der Waals surface area contributed by atoms with Crippen molar-refractivity contribution in [2.24, 2.45) is 0 Å². The van der Waals surface area contributed by atoms with Crippen LogP contribution in [-0.2, 0) is 0 Å². The van der Waals surface area contributed by atoms with Gasteiger partial charge in [-0.05, 0) is 6.07 Å². The lowest BCUT2D eigenvalue weighted by Crippen LogP contribution is -2.16. The second kappa shape index (κ2) is 2.78. The minimum Gasteiger partial charge on any atom is -0.304 e. The molecule has 0 radical (unpaired) electrons. The summed E-state index contributed by atoms with van der Waals surface area (Å²) < 4.78 is 1.76. The highest BCUT2D eigenvalue weighted by Crippen LogP contribution is 2.10. The molecule has 0 saturated carbocycles. The smallest absolute Gasteiger partial charge is 0.166 e. The highest BCUT2D eigenvalue weighted by molar-refractivity contribution is 5.66. The Morgan fingerprint density at radius 3 is 3.17 bits per heavy atom. The Bertz CT molecular complexity index is 380. The molecule has 12 heavy (non-hydrogen) atoms. The van der Waals surface area contributed by atoms with Crippen LogP contribution in [0.1, 0.15) is 0 Å². The molecule has 62 valence electrons. The van der Waals surface area contributed by atoms with Gasteiger partial charge in [-0.25, -0.2) is 14.9 Å². The third kappa shape index (κ3) is 0.998. The molecule has 2 heterocycles. The third-order valence-corrected chi connectivity index (χ3v) is 1.57. The van der Waals surface area contributed by atoms with E-state index >= 15 is 0 Å². The first kappa shape index (κ1) is 7.05. The van der Waals surface area contributed by atoms with E-state index in [1.807, 2.05) is 6.07 Å². The highest BCUT2D eigenvalue weighted by Gasteiger charge is 1.99. The number of nitrogens with zero attached hydrogens (tertiary/aromatic N) is 3. The maximum Gasteiger partial charge on any atom is 0.166 e. The van der Waals surface area contributed by atoms with Gasteiger partial charge in [-0.2, -0.15) is 5.10 Å². The van der Waals surface area contributed by atoms with E-state index in [9.17, 15) is 0 Å². The standard InChI is InChI=1S/C7H9N5/c1-8-11-7-6-2-3-10-12(6)5-4-9-7/h2-5,8H,1H3,(H,9,11). The van der Waals surface area contributed by atoms with Crippen LogP contribution in [0, 0.1) is 0 Å². The van der Waals surface area contributed by atoms with Gasteiger partial charge in [0.2, 0.25) is 0 Å². The Balaban J connectivity index is 2.57. The van der Waals surface area contributed by atoms with Crippen molar-refractivity contribution < 1.29 is 0 Å². The summed E-state index contributed by atoms with van der Waals surface area (Å²) in [6, 6.07) is 1.90. The van der Waals surface area contributed by atoms with Crippen molar-refractivity contribution in [2.45, 2.75) is 0 Å². The summed E-state index contributed by atoms with van der Waals surface area (Å²) in [5, 5.41) is 4.07. The molecule has 2 aromatic heterocycles. The molecule has 0 bridgehead atoms. The molecule has 2 aromatic rings. The predicted molar refractivity (Wildman–Crippen MR) is 45.7 cm³/mol. The van der Waals surface area contributed by atoms with Crippen molar-refractivity contribution in [1.82, 2.24) is 20.0 Å². The molecule has 0 aliphatic carbocycles. The van der Waals surface area contributed by atoms with E-state index < -0.39 is 0 Å². The minimum absolute atomic E-state index is 0.775. The summed E-state index contributed by atoms with van der Waals surface area (Å²) in [6.07, 6.45) is 5.23. The molecule has 5 nitrogen and oxygen atoms in total. The topological polar surface area (TPSA) is 54.2 Å². The van der Waals surface area contributed by atoms with Crippen molar-refractivity contribution >= 4 is 11.3 Å². The van der Waals surface area contributed by atoms with Crippen LogP contribution in [-0.4, -0.2) is 21.6 Å². The summed E-state index contributed by atoms with van der Waals surface area (Å²) in [5.74, 6) is 0.775. The van der Waals surface area contributed by atoms with E-state index in [1.54, 1.807) is 30.2 Å². The highest BCUT2D eigenvalue weighted by atomic mass is 15.4. The summed E-state index contributed by atoms with van der Waals surface area (Å²) >= 11 is 0. The molecular formula is C7H9N5.